The van der Waals surface area contributed by atoms with E-state index in [0.29, 0.717) is 6.04 Å². The number of benzene rings is 1. The lowest BCUT2D eigenvalue weighted by Gasteiger charge is -2.40. The Morgan fingerprint density at radius 1 is 1.00 bits per heavy atom. The highest BCUT2D eigenvalue weighted by Crippen LogP contribution is 2.42. The van der Waals surface area contributed by atoms with Crippen molar-refractivity contribution in [1.29, 1.82) is 0 Å². The molecule has 0 bridgehead atoms. The molecule has 3 aliphatic rings. The van der Waals surface area contributed by atoms with Crippen molar-refractivity contribution >= 4 is 11.5 Å². The number of hydrogen-bond donors (Lipinski definition) is 2. The van der Waals surface area contributed by atoms with Gasteiger partial charge >= 0.3 is 0 Å². The molecule has 1 aromatic carbocycles. The molecule has 0 amide bonds. The van der Waals surface area contributed by atoms with Crippen LogP contribution in [0.4, 0.5) is 5.82 Å². The highest BCUT2D eigenvalue weighted by atomic mass is 15.4. The van der Waals surface area contributed by atoms with E-state index < -0.39 is 0 Å². The van der Waals surface area contributed by atoms with Gasteiger partial charge in [-0.2, -0.15) is 5.10 Å². The maximum Gasteiger partial charge on any atom is 0.134 e. The summed E-state index contributed by atoms with van der Waals surface area (Å²) in [6.07, 6.45) is 16.9. The molecule has 1 aliphatic heterocycles. The summed E-state index contributed by atoms with van der Waals surface area (Å²) in [4.78, 5) is 0. The van der Waals surface area contributed by atoms with Crippen LogP contribution in [0, 0.1) is 11.8 Å². The molecule has 0 radical (unpaired) electrons. The van der Waals surface area contributed by atoms with Crippen molar-refractivity contribution < 1.29 is 0 Å². The van der Waals surface area contributed by atoms with Gasteiger partial charge in [-0.05, 0) is 63.4 Å². The van der Waals surface area contributed by atoms with Crippen LogP contribution < -0.4 is 10.6 Å². The predicted octanol–water partition coefficient (Wildman–Crippen LogP) is 7.26. The van der Waals surface area contributed by atoms with Gasteiger partial charge in [-0.1, -0.05) is 75.4 Å². The maximum absolute atomic E-state index is 4.84. The molecule has 2 N–H and O–H groups in total. The van der Waals surface area contributed by atoms with Gasteiger partial charge in [0.1, 0.15) is 5.82 Å². The van der Waals surface area contributed by atoms with Crippen molar-refractivity contribution in [2.24, 2.45) is 11.8 Å². The Balaban J connectivity index is 1.40. The summed E-state index contributed by atoms with van der Waals surface area (Å²) in [5, 5.41) is 12.7. The number of anilines is 1. The summed E-state index contributed by atoms with van der Waals surface area (Å²) >= 11 is 0. The molecule has 1 aromatic heterocycles. The van der Waals surface area contributed by atoms with Gasteiger partial charge in [-0.3, -0.25) is 0 Å². The Morgan fingerprint density at radius 3 is 2.21 bits per heavy atom. The van der Waals surface area contributed by atoms with Gasteiger partial charge in [0.25, 0.3) is 0 Å². The minimum Gasteiger partial charge on any atom is -0.382 e. The van der Waals surface area contributed by atoms with Gasteiger partial charge in [0.05, 0.1) is 23.3 Å². The smallest absolute Gasteiger partial charge is 0.134 e. The van der Waals surface area contributed by atoms with E-state index in [4.69, 9.17) is 5.10 Å². The highest BCUT2D eigenvalue weighted by molar-refractivity contribution is 5.72. The summed E-state index contributed by atoms with van der Waals surface area (Å²) in [6, 6.07) is 11.7. The van der Waals surface area contributed by atoms with E-state index in [1.54, 1.807) is 0 Å². The molecule has 5 rings (SSSR count). The molecule has 4 heteroatoms. The number of fused-ring (bicyclic) bond motifs is 1. The Kier molecular flexibility index (Phi) is 6.53. The normalized spacial score (nSPS) is 23.7. The minimum absolute atomic E-state index is 0.0498. The van der Waals surface area contributed by atoms with E-state index in [1.165, 1.54) is 69.8 Å². The lowest BCUT2D eigenvalue weighted by molar-refractivity contribution is 0.187. The Hall–Kier alpha value is -2.23. The van der Waals surface area contributed by atoms with Crippen LogP contribution in [0.3, 0.4) is 0 Å². The van der Waals surface area contributed by atoms with E-state index in [0.717, 1.165) is 35.3 Å². The van der Waals surface area contributed by atoms with Crippen molar-refractivity contribution in [3.63, 3.8) is 0 Å². The third-order valence-electron chi connectivity index (χ3n) is 8.54. The molecule has 178 valence electrons. The van der Waals surface area contributed by atoms with Crippen molar-refractivity contribution in [3.05, 3.63) is 54.2 Å². The lowest BCUT2D eigenvalue weighted by Crippen LogP contribution is -2.43. The number of rotatable bonds is 6. The molecule has 33 heavy (non-hydrogen) atoms. The molecule has 2 saturated carbocycles. The number of nitrogens with one attached hydrogen (secondary N) is 2. The van der Waals surface area contributed by atoms with E-state index in [9.17, 15) is 0 Å². The second-order valence-electron chi connectivity index (χ2n) is 11.4. The van der Waals surface area contributed by atoms with Crippen LogP contribution in [0.1, 0.15) is 102 Å². The zero-order valence-corrected chi connectivity index (χ0v) is 20.7. The van der Waals surface area contributed by atoms with Crippen LogP contribution in [0.25, 0.3) is 5.70 Å². The monoisotopic (exact) mass is 446 g/mol. The first-order valence-corrected chi connectivity index (χ1v) is 13.4. The number of aromatic nitrogens is 2. The molecule has 2 aliphatic carbocycles. The average Bonchev–Trinajstić information content (AvgIpc) is 3.29. The van der Waals surface area contributed by atoms with Crippen LogP contribution in [-0.4, -0.2) is 15.8 Å². The SMILES string of the molecule is C=C(NC(C1CCCCC1)C1CCCCC1)c1cnn2c1NC(c1ccccc1)CC2(C)C. The van der Waals surface area contributed by atoms with Gasteiger partial charge in [-0.15, -0.1) is 0 Å². The largest absolute Gasteiger partial charge is 0.382 e. The molecule has 4 nitrogen and oxygen atoms in total. The fourth-order valence-corrected chi connectivity index (χ4v) is 6.74. The fourth-order valence-electron chi connectivity index (χ4n) is 6.74. The summed E-state index contributed by atoms with van der Waals surface area (Å²) < 4.78 is 2.19. The van der Waals surface area contributed by atoms with Gasteiger partial charge < -0.3 is 10.6 Å². The first-order valence-electron chi connectivity index (χ1n) is 13.4. The van der Waals surface area contributed by atoms with Crippen molar-refractivity contribution in [2.45, 2.75) is 102 Å². The predicted molar refractivity (Wildman–Crippen MR) is 138 cm³/mol. The van der Waals surface area contributed by atoms with Crippen LogP contribution in [0.2, 0.25) is 0 Å². The third-order valence-corrected chi connectivity index (χ3v) is 8.54. The maximum atomic E-state index is 4.84. The van der Waals surface area contributed by atoms with Crippen LogP contribution in [-0.2, 0) is 5.54 Å². The minimum atomic E-state index is -0.0498. The molecule has 1 unspecified atom stereocenters. The zero-order valence-electron chi connectivity index (χ0n) is 20.7. The van der Waals surface area contributed by atoms with E-state index in [1.807, 2.05) is 6.20 Å². The molecule has 2 fully saturated rings. The Morgan fingerprint density at radius 2 is 1.61 bits per heavy atom. The summed E-state index contributed by atoms with van der Waals surface area (Å²) in [5.74, 6) is 2.68. The van der Waals surface area contributed by atoms with E-state index in [2.05, 4.69) is 66.1 Å². The number of nitrogens with zero attached hydrogens (tertiary/aromatic N) is 2. The molecule has 0 spiro atoms. The van der Waals surface area contributed by atoms with E-state index >= 15 is 0 Å². The van der Waals surface area contributed by atoms with Crippen LogP contribution in [0.5, 0.6) is 0 Å². The standard InChI is InChI=1S/C29H42N4/c1-21(31-27(23-15-9-5-10-16-23)24-17-11-6-12-18-24)25-20-30-33-28(25)32-26(19-29(33,2)3)22-13-7-4-8-14-22/h4,7-8,13-14,20,23-24,26-27,31-32H,1,5-6,9-12,15-19H2,2-3H3. The second kappa shape index (κ2) is 9.56. The van der Waals surface area contributed by atoms with Crippen LogP contribution in [0.15, 0.2) is 43.1 Å². The summed E-state index contributed by atoms with van der Waals surface area (Å²) in [7, 11) is 0. The van der Waals surface area contributed by atoms with Gasteiger partial charge in [0.2, 0.25) is 0 Å². The molecule has 0 saturated heterocycles. The first-order chi connectivity index (χ1) is 16.0. The van der Waals surface area contributed by atoms with Gasteiger partial charge in [0.15, 0.2) is 0 Å². The summed E-state index contributed by atoms with van der Waals surface area (Å²) in [5.41, 5.74) is 3.48. The highest BCUT2D eigenvalue weighted by Gasteiger charge is 2.37. The average molecular weight is 447 g/mol. The molecular formula is C29H42N4. The Bertz CT molecular complexity index is 914. The zero-order chi connectivity index (χ0) is 22.8. The fraction of sp³-hybridized carbons (Fsp3) is 0.621. The summed E-state index contributed by atoms with van der Waals surface area (Å²) in [6.45, 7) is 9.17. The van der Waals surface area contributed by atoms with Gasteiger partial charge in [0, 0.05) is 11.7 Å². The third kappa shape index (κ3) is 4.72. The topological polar surface area (TPSA) is 41.9 Å². The van der Waals surface area contributed by atoms with Crippen molar-refractivity contribution in [2.75, 3.05) is 5.32 Å². The number of hydrogen-bond acceptors (Lipinski definition) is 3. The molecule has 2 heterocycles. The molecular weight excluding hydrogens is 404 g/mol. The van der Waals surface area contributed by atoms with E-state index in [-0.39, 0.29) is 11.6 Å². The quantitative estimate of drug-likeness (QED) is 0.490. The first kappa shape index (κ1) is 22.6. The Labute approximate surface area is 200 Å². The molecule has 2 aromatic rings. The molecule has 1 atom stereocenters. The van der Waals surface area contributed by atoms with Crippen molar-refractivity contribution in [3.8, 4) is 0 Å². The van der Waals surface area contributed by atoms with Crippen LogP contribution >= 0.6 is 0 Å². The second-order valence-corrected chi connectivity index (χ2v) is 11.4. The van der Waals surface area contributed by atoms with Crippen molar-refractivity contribution in [1.82, 2.24) is 15.1 Å². The lowest BCUT2D eigenvalue weighted by atomic mass is 9.73. The van der Waals surface area contributed by atoms with Gasteiger partial charge in [-0.25, -0.2) is 4.68 Å².